The standard InChI is InChI=1S/C13H14BrNO6S/c14-11-3-1-10(21-11)2-4-13(17)20-7-12(16)15-9-5-6-22(18,19)8-9/h1-4,9H,5-8H2,(H,15,16). The van der Waals surface area contributed by atoms with Gasteiger partial charge in [-0.3, -0.25) is 4.79 Å². The van der Waals surface area contributed by atoms with Gasteiger partial charge in [0.2, 0.25) is 0 Å². The van der Waals surface area contributed by atoms with Gasteiger partial charge in [0.15, 0.2) is 21.1 Å². The third-order valence-corrected chi connectivity index (χ3v) is 5.11. The highest BCUT2D eigenvalue weighted by atomic mass is 79.9. The summed E-state index contributed by atoms with van der Waals surface area (Å²) < 4.78 is 32.9. The second-order valence-corrected chi connectivity index (χ2v) is 7.76. The van der Waals surface area contributed by atoms with Crippen LogP contribution in [0.5, 0.6) is 0 Å². The van der Waals surface area contributed by atoms with Gasteiger partial charge in [0, 0.05) is 12.1 Å². The quantitative estimate of drug-likeness (QED) is 0.590. The third kappa shape index (κ3) is 5.30. The number of rotatable bonds is 5. The minimum atomic E-state index is -3.06. The Kier molecular flexibility index (Phi) is 5.41. The fraction of sp³-hybridized carbons (Fsp3) is 0.385. The lowest BCUT2D eigenvalue weighted by Crippen LogP contribution is -2.38. The van der Waals surface area contributed by atoms with Gasteiger partial charge in [-0.25, -0.2) is 13.2 Å². The van der Waals surface area contributed by atoms with E-state index in [1.807, 2.05) is 0 Å². The van der Waals surface area contributed by atoms with Crippen molar-refractivity contribution in [2.75, 3.05) is 18.1 Å². The Bertz CT molecular complexity index is 693. The molecule has 1 fully saturated rings. The molecule has 0 saturated carbocycles. The molecule has 0 bridgehead atoms. The van der Waals surface area contributed by atoms with Crippen LogP contribution >= 0.6 is 15.9 Å². The van der Waals surface area contributed by atoms with Crippen LogP contribution in [-0.4, -0.2) is 44.4 Å². The smallest absolute Gasteiger partial charge is 0.331 e. The van der Waals surface area contributed by atoms with E-state index in [4.69, 9.17) is 9.15 Å². The first kappa shape index (κ1) is 16.8. The Hall–Kier alpha value is -1.61. The highest BCUT2D eigenvalue weighted by molar-refractivity contribution is 9.10. The van der Waals surface area contributed by atoms with Crippen LogP contribution in [0.15, 0.2) is 27.3 Å². The second-order valence-electron chi connectivity index (χ2n) is 4.75. The van der Waals surface area contributed by atoms with Gasteiger partial charge in [-0.15, -0.1) is 0 Å². The number of ether oxygens (including phenoxy) is 1. The number of halogens is 1. The molecule has 1 saturated heterocycles. The molecule has 120 valence electrons. The Labute approximate surface area is 135 Å². The van der Waals surface area contributed by atoms with E-state index in [9.17, 15) is 18.0 Å². The highest BCUT2D eigenvalue weighted by Gasteiger charge is 2.28. The lowest BCUT2D eigenvalue weighted by molar-refractivity contribution is -0.144. The lowest BCUT2D eigenvalue weighted by Gasteiger charge is -2.10. The van der Waals surface area contributed by atoms with Crippen molar-refractivity contribution < 1.29 is 27.2 Å². The minimum absolute atomic E-state index is 0.0686. The van der Waals surface area contributed by atoms with Crippen molar-refractivity contribution in [3.05, 3.63) is 28.6 Å². The molecule has 1 aromatic rings. The normalized spacial score (nSPS) is 20.1. The molecule has 7 nitrogen and oxygen atoms in total. The Morgan fingerprint density at radius 2 is 2.23 bits per heavy atom. The van der Waals surface area contributed by atoms with Crippen LogP contribution in [0.25, 0.3) is 6.08 Å². The fourth-order valence-corrected chi connectivity index (χ4v) is 3.92. The molecule has 0 aliphatic carbocycles. The Morgan fingerprint density at radius 1 is 1.45 bits per heavy atom. The van der Waals surface area contributed by atoms with Gasteiger partial charge in [-0.05, 0) is 40.6 Å². The molecule has 1 aromatic heterocycles. The SMILES string of the molecule is O=C(COC(=O)C=Cc1ccc(Br)o1)NC1CCS(=O)(=O)C1. The molecule has 1 atom stereocenters. The molecule has 2 heterocycles. The van der Waals surface area contributed by atoms with Gasteiger partial charge in [0.1, 0.15) is 5.76 Å². The first-order chi connectivity index (χ1) is 10.3. The van der Waals surface area contributed by atoms with Gasteiger partial charge in [0.25, 0.3) is 5.91 Å². The summed E-state index contributed by atoms with van der Waals surface area (Å²) in [4.78, 5) is 23.0. The fourth-order valence-electron chi connectivity index (χ4n) is 1.93. The summed E-state index contributed by atoms with van der Waals surface area (Å²) in [6, 6.07) is 2.92. The van der Waals surface area contributed by atoms with Crippen LogP contribution in [0.1, 0.15) is 12.2 Å². The van der Waals surface area contributed by atoms with E-state index in [1.165, 1.54) is 6.08 Å². The molecule has 1 aliphatic rings. The zero-order chi connectivity index (χ0) is 16.2. The molecule has 2 rings (SSSR count). The maximum absolute atomic E-state index is 11.6. The minimum Gasteiger partial charge on any atom is -0.452 e. The summed E-state index contributed by atoms with van der Waals surface area (Å²) in [6.07, 6.45) is 2.93. The molecule has 0 spiro atoms. The first-order valence-electron chi connectivity index (χ1n) is 6.44. The summed E-state index contributed by atoms with van der Waals surface area (Å²) in [5, 5.41) is 2.52. The number of nitrogens with one attached hydrogen (secondary N) is 1. The maximum Gasteiger partial charge on any atom is 0.331 e. The van der Waals surface area contributed by atoms with Crippen molar-refractivity contribution in [2.24, 2.45) is 0 Å². The van der Waals surface area contributed by atoms with Crippen LogP contribution in [0, 0.1) is 0 Å². The average Bonchev–Trinajstić information content (AvgIpc) is 3.00. The van der Waals surface area contributed by atoms with Gasteiger partial charge in [0.05, 0.1) is 11.5 Å². The van der Waals surface area contributed by atoms with Crippen LogP contribution in [0.2, 0.25) is 0 Å². The number of amides is 1. The van der Waals surface area contributed by atoms with Crippen molar-refractivity contribution in [3.8, 4) is 0 Å². The molecule has 9 heteroatoms. The maximum atomic E-state index is 11.6. The topological polar surface area (TPSA) is 103 Å². The van der Waals surface area contributed by atoms with Crippen molar-refractivity contribution in [3.63, 3.8) is 0 Å². The van der Waals surface area contributed by atoms with Crippen molar-refractivity contribution in [1.82, 2.24) is 5.32 Å². The van der Waals surface area contributed by atoms with Crippen LogP contribution < -0.4 is 5.32 Å². The summed E-state index contributed by atoms with van der Waals surface area (Å²) in [7, 11) is -3.06. The largest absolute Gasteiger partial charge is 0.452 e. The lowest BCUT2D eigenvalue weighted by atomic mass is 10.2. The van der Waals surface area contributed by atoms with Crippen molar-refractivity contribution >= 4 is 43.7 Å². The van der Waals surface area contributed by atoms with E-state index >= 15 is 0 Å². The zero-order valence-electron chi connectivity index (χ0n) is 11.5. The van der Waals surface area contributed by atoms with E-state index in [2.05, 4.69) is 21.2 Å². The van der Waals surface area contributed by atoms with E-state index < -0.39 is 34.4 Å². The number of sulfone groups is 1. The highest BCUT2D eigenvalue weighted by Crippen LogP contribution is 2.15. The molecule has 1 N–H and O–H groups in total. The van der Waals surface area contributed by atoms with E-state index in [1.54, 1.807) is 12.1 Å². The van der Waals surface area contributed by atoms with E-state index in [-0.39, 0.29) is 11.5 Å². The van der Waals surface area contributed by atoms with Crippen LogP contribution in [0.3, 0.4) is 0 Å². The van der Waals surface area contributed by atoms with Gasteiger partial charge in [-0.2, -0.15) is 0 Å². The van der Waals surface area contributed by atoms with Crippen molar-refractivity contribution in [1.29, 1.82) is 0 Å². The number of hydrogen-bond acceptors (Lipinski definition) is 6. The van der Waals surface area contributed by atoms with Crippen LogP contribution in [-0.2, 0) is 24.2 Å². The van der Waals surface area contributed by atoms with Gasteiger partial charge in [-0.1, -0.05) is 0 Å². The summed E-state index contributed by atoms with van der Waals surface area (Å²) >= 11 is 3.13. The van der Waals surface area contributed by atoms with E-state index in [0.29, 0.717) is 16.9 Å². The number of carbonyl (C=O) groups is 2. The molecule has 0 aromatic carbocycles. The molecule has 1 aliphatic heterocycles. The molecular weight excluding hydrogens is 378 g/mol. The Morgan fingerprint density at radius 3 is 2.82 bits per heavy atom. The number of furan rings is 1. The third-order valence-electron chi connectivity index (χ3n) is 2.92. The molecular formula is C13H14BrNO6S. The predicted octanol–water partition coefficient (Wildman–Crippen LogP) is 0.902. The number of hydrogen-bond donors (Lipinski definition) is 1. The second kappa shape index (κ2) is 7.10. The molecule has 22 heavy (non-hydrogen) atoms. The number of carbonyl (C=O) groups excluding carboxylic acids is 2. The van der Waals surface area contributed by atoms with E-state index in [0.717, 1.165) is 6.08 Å². The number of esters is 1. The monoisotopic (exact) mass is 391 g/mol. The molecule has 0 radical (unpaired) electrons. The molecule has 1 unspecified atom stereocenters. The molecule has 1 amide bonds. The summed E-state index contributed by atoms with van der Waals surface area (Å²) in [5.41, 5.74) is 0. The van der Waals surface area contributed by atoms with Crippen molar-refractivity contribution in [2.45, 2.75) is 12.5 Å². The average molecular weight is 392 g/mol. The summed E-state index contributed by atoms with van der Waals surface area (Å²) in [6.45, 7) is -0.457. The Balaban J connectivity index is 1.72. The van der Waals surface area contributed by atoms with Gasteiger partial charge >= 0.3 is 5.97 Å². The first-order valence-corrected chi connectivity index (χ1v) is 9.05. The summed E-state index contributed by atoms with van der Waals surface area (Å²) in [5.74, 6) is -0.755. The zero-order valence-corrected chi connectivity index (χ0v) is 13.9. The van der Waals surface area contributed by atoms with Gasteiger partial charge < -0.3 is 14.5 Å². The predicted molar refractivity (Wildman–Crippen MR) is 81.6 cm³/mol. The van der Waals surface area contributed by atoms with Crippen LogP contribution in [0.4, 0.5) is 0 Å².